The number of esters is 1. The normalized spacial score (nSPS) is 10.5. The summed E-state index contributed by atoms with van der Waals surface area (Å²) >= 11 is 0. The van der Waals surface area contributed by atoms with Crippen LogP contribution < -0.4 is 10.4 Å². The standard InChI is InChI=1S/C18H14O6/c1-22-14-6-7-15-12(8-17(20)24-16(15)9-14)10-23-18(21)11-2-4-13(19)5-3-11/h2-9,19H,10H2,1H3. The molecule has 122 valence electrons. The van der Waals surface area contributed by atoms with Gasteiger partial charge in [-0.1, -0.05) is 0 Å². The number of carbonyl (C=O) groups is 1. The highest BCUT2D eigenvalue weighted by Crippen LogP contribution is 2.23. The second-order valence-corrected chi connectivity index (χ2v) is 5.08. The van der Waals surface area contributed by atoms with Crippen molar-refractivity contribution in [3.63, 3.8) is 0 Å². The Hall–Kier alpha value is -3.28. The first-order valence-corrected chi connectivity index (χ1v) is 7.14. The highest BCUT2D eigenvalue weighted by molar-refractivity contribution is 5.89. The molecule has 3 aromatic rings. The van der Waals surface area contributed by atoms with E-state index < -0.39 is 11.6 Å². The molecular formula is C18H14O6. The maximum Gasteiger partial charge on any atom is 0.338 e. The average Bonchev–Trinajstić information content (AvgIpc) is 2.59. The van der Waals surface area contributed by atoms with Crippen LogP contribution in [0.1, 0.15) is 15.9 Å². The van der Waals surface area contributed by atoms with Crippen LogP contribution in [0.25, 0.3) is 11.0 Å². The molecule has 0 aliphatic rings. The Bertz CT molecular complexity index is 940. The van der Waals surface area contributed by atoms with Crippen LogP contribution in [0.5, 0.6) is 11.5 Å². The third-order valence-electron chi connectivity index (χ3n) is 3.50. The van der Waals surface area contributed by atoms with Gasteiger partial charge in [-0.05, 0) is 36.4 Å². The molecule has 6 nitrogen and oxygen atoms in total. The highest BCUT2D eigenvalue weighted by atomic mass is 16.5. The maximum absolute atomic E-state index is 12.0. The summed E-state index contributed by atoms with van der Waals surface area (Å²) in [5.41, 5.74) is 0.668. The van der Waals surface area contributed by atoms with Crippen molar-refractivity contribution in [3.8, 4) is 11.5 Å². The van der Waals surface area contributed by atoms with Crippen LogP contribution in [0.2, 0.25) is 0 Å². The van der Waals surface area contributed by atoms with Crippen LogP contribution in [0.3, 0.4) is 0 Å². The minimum absolute atomic E-state index is 0.0622. The zero-order valence-corrected chi connectivity index (χ0v) is 12.8. The van der Waals surface area contributed by atoms with Crippen molar-refractivity contribution >= 4 is 16.9 Å². The van der Waals surface area contributed by atoms with E-state index >= 15 is 0 Å². The molecule has 1 N–H and O–H groups in total. The van der Waals surface area contributed by atoms with Gasteiger partial charge in [-0.2, -0.15) is 0 Å². The average molecular weight is 326 g/mol. The van der Waals surface area contributed by atoms with Crippen LogP contribution >= 0.6 is 0 Å². The van der Waals surface area contributed by atoms with Crippen molar-refractivity contribution in [2.75, 3.05) is 7.11 Å². The highest BCUT2D eigenvalue weighted by Gasteiger charge is 2.11. The molecule has 2 aromatic carbocycles. The zero-order valence-electron chi connectivity index (χ0n) is 12.8. The van der Waals surface area contributed by atoms with Gasteiger partial charge in [0, 0.05) is 23.1 Å². The van der Waals surface area contributed by atoms with Gasteiger partial charge in [0.05, 0.1) is 12.7 Å². The number of hydrogen-bond donors (Lipinski definition) is 1. The van der Waals surface area contributed by atoms with Gasteiger partial charge in [0.15, 0.2) is 0 Å². The number of ether oxygens (including phenoxy) is 2. The Morgan fingerprint density at radius 1 is 1.12 bits per heavy atom. The summed E-state index contributed by atoms with van der Waals surface area (Å²) in [6.45, 7) is -0.0753. The van der Waals surface area contributed by atoms with E-state index in [4.69, 9.17) is 13.9 Å². The minimum Gasteiger partial charge on any atom is -0.508 e. The van der Waals surface area contributed by atoms with Gasteiger partial charge in [0.25, 0.3) is 0 Å². The lowest BCUT2D eigenvalue weighted by Crippen LogP contribution is -2.08. The number of fused-ring (bicyclic) bond motifs is 1. The van der Waals surface area contributed by atoms with Crippen molar-refractivity contribution < 1.29 is 23.8 Å². The second kappa shape index (κ2) is 6.45. The molecule has 0 aliphatic heterocycles. The molecule has 0 bridgehead atoms. The third kappa shape index (κ3) is 3.22. The van der Waals surface area contributed by atoms with Gasteiger partial charge in [0.1, 0.15) is 23.7 Å². The summed E-state index contributed by atoms with van der Waals surface area (Å²) in [7, 11) is 1.52. The van der Waals surface area contributed by atoms with Crippen molar-refractivity contribution in [2.24, 2.45) is 0 Å². The predicted molar refractivity (Wildman–Crippen MR) is 86.3 cm³/mol. The summed E-state index contributed by atoms with van der Waals surface area (Å²) in [6, 6.07) is 12.1. The quantitative estimate of drug-likeness (QED) is 0.586. The summed E-state index contributed by atoms with van der Waals surface area (Å²) in [6.07, 6.45) is 0. The monoisotopic (exact) mass is 326 g/mol. The van der Waals surface area contributed by atoms with Gasteiger partial charge in [0.2, 0.25) is 0 Å². The smallest absolute Gasteiger partial charge is 0.338 e. The molecule has 0 saturated heterocycles. The zero-order chi connectivity index (χ0) is 17.1. The Morgan fingerprint density at radius 2 is 1.88 bits per heavy atom. The number of aromatic hydroxyl groups is 1. The molecule has 0 amide bonds. The molecule has 6 heteroatoms. The first-order chi connectivity index (χ1) is 11.6. The van der Waals surface area contributed by atoms with Crippen molar-refractivity contribution in [2.45, 2.75) is 6.61 Å². The van der Waals surface area contributed by atoms with Crippen LogP contribution in [0.15, 0.2) is 57.7 Å². The molecule has 0 aliphatic carbocycles. The number of hydrogen-bond acceptors (Lipinski definition) is 6. The summed E-state index contributed by atoms with van der Waals surface area (Å²) in [5, 5.41) is 9.89. The largest absolute Gasteiger partial charge is 0.508 e. The molecule has 1 aromatic heterocycles. The molecule has 0 unspecified atom stereocenters. The van der Waals surface area contributed by atoms with Crippen molar-refractivity contribution in [3.05, 3.63) is 70.1 Å². The Morgan fingerprint density at radius 3 is 2.58 bits per heavy atom. The van der Waals surface area contributed by atoms with Gasteiger partial charge in [-0.25, -0.2) is 9.59 Å². The fourth-order valence-electron chi connectivity index (χ4n) is 2.28. The summed E-state index contributed by atoms with van der Waals surface area (Å²) in [5.74, 6) is 0.0703. The fourth-order valence-corrected chi connectivity index (χ4v) is 2.28. The van der Waals surface area contributed by atoms with Gasteiger partial charge >= 0.3 is 11.6 Å². The topological polar surface area (TPSA) is 86.0 Å². The van der Waals surface area contributed by atoms with Crippen molar-refractivity contribution in [1.29, 1.82) is 0 Å². The molecule has 0 saturated carbocycles. The van der Waals surface area contributed by atoms with E-state index in [0.717, 1.165) is 0 Å². The third-order valence-corrected chi connectivity index (χ3v) is 3.50. The molecule has 0 atom stereocenters. The number of benzene rings is 2. The van der Waals surface area contributed by atoms with Gasteiger partial charge in [-0.15, -0.1) is 0 Å². The number of methoxy groups -OCH3 is 1. The van der Waals surface area contributed by atoms with E-state index in [2.05, 4.69) is 0 Å². The Kier molecular flexibility index (Phi) is 4.20. The Labute approximate surface area is 136 Å². The molecule has 24 heavy (non-hydrogen) atoms. The first-order valence-electron chi connectivity index (χ1n) is 7.14. The SMILES string of the molecule is COc1ccc2c(COC(=O)c3ccc(O)cc3)cc(=O)oc2c1. The summed E-state index contributed by atoms with van der Waals surface area (Å²) < 4.78 is 15.5. The van der Waals surface area contributed by atoms with E-state index in [1.807, 2.05) is 0 Å². The van der Waals surface area contributed by atoms with Crippen molar-refractivity contribution in [1.82, 2.24) is 0 Å². The van der Waals surface area contributed by atoms with Gasteiger partial charge < -0.3 is 19.0 Å². The van der Waals surface area contributed by atoms with Crippen LogP contribution in [0, 0.1) is 0 Å². The molecule has 3 rings (SSSR count). The maximum atomic E-state index is 12.0. The molecule has 1 heterocycles. The fraction of sp³-hybridized carbons (Fsp3) is 0.111. The van der Waals surface area contributed by atoms with E-state index in [0.29, 0.717) is 27.8 Å². The predicted octanol–water partition coefficient (Wildman–Crippen LogP) is 2.86. The Balaban J connectivity index is 1.85. The molecular weight excluding hydrogens is 312 g/mol. The van der Waals surface area contributed by atoms with E-state index in [9.17, 15) is 14.7 Å². The molecule has 0 radical (unpaired) electrons. The second-order valence-electron chi connectivity index (χ2n) is 5.08. The molecule has 0 spiro atoms. The van der Waals surface area contributed by atoms with E-state index in [1.165, 1.54) is 37.4 Å². The lowest BCUT2D eigenvalue weighted by Gasteiger charge is -2.08. The summed E-state index contributed by atoms with van der Waals surface area (Å²) in [4.78, 5) is 23.7. The number of phenolic OH excluding ortho intramolecular Hbond substituents is 1. The van der Waals surface area contributed by atoms with E-state index in [1.54, 1.807) is 18.2 Å². The first kappa shape index (κ1) is 15.6. The number of carbonyl (C=O) groups excluding carboxylic acids is 1. The lowest BCUT2D eigenvalue weighted by atomic mass is 10.1. The minimum atomic E-state index is -0.551. The van der Waals surface area contributed by atoms with Crippen LogP contribution in [0.4, 0.5) is 0 Å². The molecule has 0 fully saturated rings. The number of phenols is 1. The van der Waals surface area contributed by atoms with Crippen LogP contribution in [-0.2, 0) is 11.3 Å². The van der Waals surface area contributed by atoms with E-state index in [-0.39, 0.29) is 12.4 Å². The van der Waals surface area contributed by atoms with Crippen LogP contribution in [-0.4, -0.2) is 18.2 Å². The lowest BCUT2D eigenvalue weighted by molar-refractivity contribution is 0.0474. The van der Waals surface area contributed by atoms with Gasteiger partial charge in [-0.3, -0.25) is 0 Å². The number of rotatable bonds is 4.